The Hall–Kier alpha value is -1.11. The van der Waals surface area contributed by atoms with Gasteiger partial charge in [-0.15, -0.1) is 0 Å². The number of hydrogen-bond acceptors (Lipinski definition) is 4. The molecule has 21 heavy (non-hydrogen) atoms. The van der Waals surface area contributed by atoms with E-state index in [1.807, 2.05) is 26.2 Å². The van der Waals surface area contributed by atoms with Crippen molar-refractivity contribution in [1.29, 1.82) is 0 Å². The Bertz CT molecular complexity index is 512. The van der Waals surface area contributed by atoms with E-state index in [1.54, 1.807) is 19.2 Å². The Morgan fingerprint density at radius 2 is 1.67 bits per heavy atom. The third-order valence-electron chi connectivity index (χ3n) is 3.22. The Kier molecular flexibility index (Phi) is 7.14. The molecule has 0 saturated heterocycles. The number of nitrogens with one attached hydrogen (secondary N) is 1. The molecular weight excluding hydrogens is 286 g/mol. The third kappa shape index (κ3) is 5.65. The fraction of sp³-hybridized carbons (Fsp3) is 0.600. The molecule has 0 amide bonds. The lowest BCUT2D eigenvalue weighted by molar-refractivity contribution is 0.370. The van der Waals surface area contributed by atoms with E-state index < -0.39 is 10.0 Å². The average molecular weight is 313 g/mol. The van der Waals surface area contributed by atoms with Crippen molar-refractivity contribution in [3.8, 4) is 0 Å². The molecule has 0 spiro atoms. The second kappa shape index (κ2) is 8.36. The molecule has 0 atom stereocenters. The quantitative estimate of drug-likeness (QED) is 0.758. The highest BCUT2D eigenvalue weighted by Crippen LogP contribution is 2.17. The molecule has 120 valence electrons. The van der Waals surface area contributed by atoms with Crippen molar-refractivity contribution < 1.29 is 8.42 Å². The normalized spacial score (nSPS) is 12.1. The van der Waals surface area contributed by atoms with E-state index in [0.29, 0.717) is 11.4 Å². The minimum atomic E-state index is -3.39. The van der Waals surface area contributed by atoms with Crippen LogP contribution >= 0.6 is 0 Å². The zero-order chi connectivity index (χ0) is 15.9. The van der Waals surface area contributed by atoms with Gasteiger partial charge in [0.2, 0.25) is 10.0 Å². The van der Waals surface area contributed by atoms with Crippen molar-refractivity contribution in [3.63, 3.8) is 0 Å². The molecule has 0 radical (unpaired) electrons. The van der Waals surface area contributed by atoms with E-state index in [2.05, 4.69) is 17.1 Å². The smallest absolute Gasteiger partial charge is 0.242 e. The molecule has 0 aliphatic heterocycles. The van der Waals surface area contributed by atoms with Gasteiger partial charge in [0.05, 0.1) is 4.90 Å². The Morgan fingerprint density at radius 3 is 2.19 bits per heavy atom. The molecule has 1 N–H and O–H groups in total. The second-order valence-electron chi connectivity index (χ2n) is 5.43. The summed E-state index contributed by atoms with van der Waals surface area (Å²) < 4.78 is 26.3. The van der Waals surface area contributed by atoms with Gasteiger partial charge in [-0.1, -0.05) is 6.92 Å². The van der Waals surface area contributed by atoms with Gasteiger partial charge in [0, 0.05) is 25.8 Å². The summed E-state index contributed by atoms with van der Waals surface area (Å²) in [4.78, 5) is 2.39. The van der Waals surface area contributed by atoms with E-state index in [-0.39, 0.29) is 0 Å². The Morgan fingerprint density at radius 1 is 1.05 bits per heavy atom. The first-order chi connectivity index (χ1) is 9.87. The molecule has 0 saturated carbocycles. The summed E-state index contributed by atoms with van der Waals surface area (Å²) in [5, 5.41) is 3.24. The summed E-state index contributed by atoms with van der Waals surface area (Å²) in [5.74, 6) is 0. The Balaban J connectivity index is 2.68. The predicted octanol–water partition coefficient (Wildman–Crippen LogP) is 2.08. The van der Waals surface area contributed by atoms with Crippen LogP contribution < -0.4 is 5.32 Å². The van der Waals surface area contributed by atoms with Crippen molar-refractivity contribution in [2.45, 2.75) is 24.7 Å². The van der Waals surface area contributed by atoms with Gasteiger partial charge < -0.3 is 10.2 Å². The highest BCUT2D eigenvalue weighted by molar-refractivity contribution is 7.89. The molecule has 0 heterocycles. The molecule has 0 aliphatic rings. The topological polar surface area (TPSA) is 52.7 Å². The van der Waals surface area contributed by atoms with E-state index in [1.165, 1.54) is 4.31 Å². The molecule has 0 bridgehead atoms. The van der Waals surface area contributed by atoms with Crippen LogP contribution in [0.1, 0.15) is 19.8 Å². The van der Waals surface area contributed by atoms with Gasteiger partial charge in [0.25, 0.3) is 0 Å². The van der Waals surface area contributed by atoms with Crippen LogP contribution in [0.5, 0.6) is 0 Å². The maximum Gasteiger partial charge on any atom is 0.242 e. The van der Waals surface area contributed by atoms with Crippen molar-refractivity contribution in [2.24, 2.45) is 0 Å². The van der Waals surface area contributed by atoms with Gasteiger partial charge in [-0.25, -0.2) is 12.7 Å². The number of benzene rings is 1. The lowest BCUT2D eigenvalue weighted by Gasteiger charge is -2.18. The first-order valence-corrected chi connectivity index (χ1v) is 8.77. The third-order valence-corrected chi connectivity index (χ3v) is 5.09. The average Bonchev–Trinajstić information content (AvgIpc) is 2.45. The fourth-order valence-corrected chi connectivity index (χ4v) is 3.13. The van der Waals surface area contributed by atoms with Crippen LogP contribution in [-0.2, 0) is 10.0 Å². The zero-order valence-electron chi connectivity index (χ0n) is 13.5. The minimum absolute atomic E-state index is 0.344. The number of nitrogens with zero attached hydrogens (tertiary/aromatic N) is 2. The second-order valence-corrected chi connectivity index (χ2v) is 7.48. The monoisotopic (exact) mass is 313 g/mol. The zero-order valence-corrected chi connectivity index (χ0v) is 14.3. The predicted molar refractivity (Wildman–Crippen MR) is 88.2 cm³/mol. The van der Waals surface area contributed by atoms with E-state index in [9.17, 15) is 8.42 Å². The first kappa shape index (κ1) is 17.9. The molecular formula is C15H27N3O2S. The van der Waals surface area contributed by atoms with Gasteiger partial charge in [-0.3, -0.25) is 0 Å². The van der Waals surface area contributed by atoms with Gasteiger partial charge in [-0.2, -0.15) is 0 Å². The molecule has 1 aromatic carbocycles. The standard InChI is InChI=1S/C15H27N3O2S/c1-5-11-16-14-7-9-15(10-8-14)21(19,20)18(4)13-6-12-17(2)3/h7-10,16H,5-6,11-13H2,1-4H3. The van der Waals surface area contributed by atoms with Crippen molar-refractivity contribution in [2.75, 3.05) is 46.1 Å². The van der Waals surface area contributed by atoms with E-state index in [4.69, 9.17) is 0 Å². The number of rotatable bonds is 9. The highest BCUT2D eigenvalue weighted by atomic mass is 32.2. The van der Waals surface area contributed by atoms with Gasteiger partial charge >= 0.3 is 0 Å². The molecule has 0 unspecified atom stereocenters. The molecule has 0 aliphatic carbocycles. The van der Waals surface area contributed by atoms with Crippen LogP contribution in [0.2, 0.25) is 0 Å². The maximum atomic E-state index is 12.4. The van der Waals surface area contributed by atoms with E-state index >= 15 is 0 Å². The number of anilines is 1. The summed E-state index contributed by atoms with van der Waals surface area (Å²) in [6.07, 6.45) is 1.85. The Labute approximate surface area is 129 Å². The van der Waals surface area contributed by atoms with Crippen LogP contribution in [0.3, 0.4) is 0 Å². The van der Waals surface area contributed by atoms with E-state index in [0.717, 1.165) is 31.6 Å². The highest BCUT2D eigenvalue weighted by Gasteiger charge is 2.20. The molecule has 0 fully saturated rings. The number of hydrogen-bond donors (Lipinski definition) is 1. The molecule has 5 nitrogen and oxygen atoms in total. The summed E-state index contributed by atoms with van der Waals surface area (Å²) in [7, 11) is 2.21. The lowest BCUT2D eigenvalue weighted by atomic mass is 10.3. The summed E-state index contributed by atoms with van der Waals surface area (Å²) in [5.41, 5.74) is 0.950. The largest absolute Gasteiger partial charge is 0.385 e. The fourth-order valence-electron chi connectivity index (χ4n) is 1.92. The van der Waals surface area contributed by atoms with Crippen LogP contribution in [0.15, 0.2) is 29.2 Å². The summed E-state index contributed by atoms with van der Waals surface area (Å²) >= 11 is 0. The van der Waals surface area contributed by atoms with Crippen molar-refractivity contribution in [1.82, 2.24) is 9.21 Å². The van der Waals surface area contributed by atoms with Gasteiger partial charge in [0.1, 0.15) is 0 Å². The molecule has 0 aromatic heterocycles. The molecule has 1 rings (SSSR count). The SMILES string of the molecule is CCCNc1ccc(S(=O)(=O)N(C)CCCN(C)C)cc1. The molecule has 6 heteroatoms. The minimum Gasteiger partial charge on any atom is -0.385 e. The van der Waals surface area contributed by atoms with Crippen molar-refractivity contribution in [3.05, 3.63) is 24.3 Å². The van der Waals surface area contributed by atoms with Gasteiger partial charge in [0.15, 0.2) is 0 Å². The van der Waals surface area contributed by atoms with Crippen LogP contribution in [-0.4, -0.2) is 58.4 Å². The summed E-state index contributed by atoms with van der Waals surface area (Å²) in [6.45, 7) is 4.38. The van der Waals surface area contributed by atoms with Crippen molar-refractivity contribution >= 4 is 15.7 Å². The summed E-state index contributed by atoms with van der Waals surface area (Å²) in [6, 6.07) is 6.96. The number of sulfonamides is 1. The van der Waals surface area contributed by atoms with Crippen LogP contribution in [0.4, 0.5) is 5.69 Å². The van der Waals surface area contributed by atoms with Crippen LogP contribution in [0.25, 0.3) is 0 Å². The first-order valence-electron chi connectivity index (χ1n) is 7.33. The molecule has 1 aromatic rings. The lowest BCUT2D eigenvalue weighted by Crippen LogP contribution is -2.29. The van der Waals surface area contributed by atoms with Crippen LogP contribution in [0, 0.1) is 0 Å². The maximum absolute atomic E-state index is 12.4. The van der Waals surface area contributed by atoms with Gasteiger partial charge in [-0.05, 0) is 57.7 Å².